The minimum atomic E-state index is -1.23. The molecule has 0 heterocycles. The van der Waals surface area contributed by atoms with Gasteiger partial charge in [0.2, 0.25) is 5.91 Å². The fraction of sp³-hybridized carbons (Fsp3) is 0.176. The monoisotopic (exact) mass is 335 g/mol. The molecule has 0 aromatic heterocycles. The van der Waals surface area contributed by atoms with Gasteiger partial charge in [0.05, 0.1) is 6.42 Å². The summed E-state index contributed by atoms with van der Waals surface area (Å²) in [6, 6.07) is 11.6. The molecule has 0 aliphatic heterocycles. The zero-order valence-electron chi connectivity index (χ0n) is 12.1. The third-order valence-electron chi connectivity index (χ3n) is 3.27. The molecule has 120 valence electrons. The maximum atomic E-state index is 13.7. The number of rotatable bonds is 6. The van der Waals surface area contributed by atoms with Gasteiger partial charge in [-0.25, -0.2) is 9.18 Å². The van der Waals surface area contributed by atoms with E-state index in [9.17, 15) is 19.1 Å². The van der Waals surface area contributed by atoms with E-state index in [2.05, 4.69) is 5.32 Å². The van der Waals surface area contributed by atoms with Crippen molar-refractivity contribution in [1.82, 2.24) is 5.32 Å². The smallest absolute Gasteiger partial charge is 0.326 e. The highest BCUT2D eigenvalue weighted by atomic mass is 35.5. The van der Waals surface area contributed by atoms with Crippen LogP contribution in [-0.4, -0.2) is 23.0 Å². The van der Waals surface area contributed by atoms with Crippen molar-refractivity contribution in [1.29, 1.82) is 0 Å². The quantitative estimate of drug-likeness (QED) is 0.853. The van der Waals surface area contributed by atoms with Crippen LogP contribution < -0.4 is 5.32 Å². The van der Waals surface area contributed by atoms with Crippen molar-refractivity contribution in [3.8, 4) is 0 Å². The van der Waals surface area contributed by atoms with Crippen LogP contribution >= 0.6 is 11.6 Å². The number of nitrogens with one attached hydrogen (secondary N) is 1. The lowest BCUT2D eigenvalue weighted by Gasteiger charge is -2.15. The van der Waals surface area contributed by atoms with Gasteiger partial charge in [-0.2, -0.15) is 0 Å². The Kier molecular flexibility index (Phi) is 5.71. The highest BCUT2D eigenvalue weighted by Gasteiger charge is 2.22. The summed E-state index contributed by atoms with van der Waals surface area (Å²) >= 11 is 5.79. The molecule has 2 aromatic rings. The molecule has 4 nitrogen and oxygen atoms in total. The van der Waals surface area contributed by atoms with E-state index >= 15 is 0 Å². The Morgan fingerprint density at radius 3 is 2.52 bits per heavy atom. The molecule has 23 heavy (non-hydrogen) atoms. The summed E-state index contributed by atoms with van der Waals surface area (Å²) in [6.07, 6.45) is -0.120. The average molecular weight is 336 g/mol. The standard InChI is InChI=1S/C17H15ClFNO3/c18-13-6-7-14(19)12(9-13)10-15(17(22)23)20-16(21)8-11-4-2-1-3-5-11/h1-7,9,15H,8,10H2,(H,20,21)(H,22,23)/t15-/m1/s1. The molecule has 0 saturated carbocycles. The van der Waals surface area contributed by atoms with Crippen LogP contribution in [0.25, 0.3) is 0 Å². The van der Waals surface area contributed by atoms with Crippen LogP contribution in [0.2, 0.25) is 5.02 Å². The van der Waals surface area contributed by atoms with Crippen molar-refractivity contribution in [2.45, 2.75) is 18.9 Å². The molecule has 2 aromatic carbocycles. The lowest BCUT2D eigenvalue weighted by atomic mass is 10.0. The first kappa shape index (κ1) is 17.0. The van der Waals surface area contributed by atoms with E-state index in [0.29, 0.717) is 5.02 Å². The third kappa shape index (κ3) is 5.07. The number of halogens is 2. The third-order valence-corrected chi connectivity index (χ3v) is 3.51. The van der Waals surface area contributed by atoms with Crippen molar-refractivity contribution in [2.24, 2.45) is 0 Å². The summed E-state index contributed by atoms with van der Waals surface area (Å²) < 4.78 is 13.7. The zero-order chi connectivity index (χ0) is 16.8. The summed E-state index contributed by atoms with van der Waals surface area (Å²) in [6.45, 7) is 0. The van der Waals surface area contributed by atoms with E-state index < -0.39 is 23.7 Å². The van der Waals surface area contributed by atoms with E-state index in [4.69, 9.17) is 11.6 Å². The fourth-order valence-corrected chi connectivity index (χ4v) is 2.34. The predicted molar refractivity (Wildman–Crippen MR) is 84.8 cm³/mol. The summed E-state index contributed by atoms with van der Waals surface area (Å²) in [4.78, 5) is 23.3. The van der Waals surface area contributed by atoms with Crippen LogP contribution in [0, 0.1) is 5.82 Å². The highest BCUT2D eigenvalue weighted by molar-refractivity contribution is 6.30. The number of hydrogen-bond donors (Lipinski definition) is 2. The maximum absolute atomic E-state index is 13.7. The van der Waals surface area contributed by atoms with Gasteiger partial charge in [-0.3, -0.25) is 4.79 Å². The van der Waals surface area contributed by atoms with Crippen LogP contribution in [-0.2, 0) is 22.4 Å². The Labute approximate surface area is 137 Å². The summed E-state index contributed by atoms with van der Waals surface area (Å²) in [5, 5.41) is 12.0. The van der Waals surface area contributed by atoms with Crippen molar-refractivity contribution < 1.29 is 19.1 Å². The summed E-state index contributed by atoms with van der Waals surface area (Å²) in [5.41, 5.74) is 0.910. The molecule has 0 aliphatic carbocycles. The van der Waals surface area contributed by atoms with Crippen LogP contribution in [0.3, 0.4) is 0 Å². The second-order valence-corrected chi connectivity index (χ2v) is 5.50. The Bertz CT molecular complexity index is 706. The number of carboxylic acids is 1. The maximum Gasteiger partial charge on any atom is 0.326 e. The molecule has 0 unspecified atom stereocenters. The average Bonchev–Trinajstić information content (AvgIpc) is 2.51. The topological polar surface area (TPSA) is 66.4 Å². The van der Waals surface area contributed by atoms with Crippen molar-refractivity contribution in [3.63, 3.8) is 0 Å². The second-order valence-electron chi connectivity index (χ2n) is 5.06. The van der Waals surface area contributed by atoms with Gasteiger partial charge >= 0.3 is 5.97 Å². The van der Waals surface area contributed by atoms with Crippen LogP contribution in [0.1, 0.15) is 11.1 Å². The molecule has 0 aliphatic rings. The van der Waals surface area contributed by atoms with E-state index in [1.807, 2.05) is 6.07 Å². The fourth-order valence-electron chi connectivity index (χ4n) is 2.15. The zero-order valence-corrected chi connectivity index (χ0v) is 12.9. The van der Waals surface area contributed by atoms with Gasteiger partial charge in [0.1, 0.15) is 11.9 Å². The lowest BCUT2D eigenvalue weighted by Crippen LogP contribution is -2.43. The predicted octanol–water partition coefficient (Wildman–Crippen LogP) is 2.83. The number of carbonyl (C=O) groups is 2. The van der Waals surface area contributed by atoms with E-state index in [0.717, 1.165) is 5.56 Å². The van der Waals surface area contributed by atoms with Gasteiger partial charge in [0.25, 0.3) is 0 Å². The Balaban J connectivity index is 2.05. The minimum Gasteiger partial charge on any atom is -0.480 e. The molecule has 2 N–H and O–H groups in total. The van der Waals surface area contributed by atoms with E-state index in [-0.39, 0.29) is 18.4 Å². The molecule has 0 spiro atoms. The number of benzene rings is 2. The van der Waals surface area contributed by atoms with Gasteiger partial charge < -0.3 is 10.4 Å². The number of amides is 1. The van der Waals surface area contributed by atoms with Gasteiger partial charge in [-0.1, -0.05) is 41.9 Å². The summed E-state index contributed by atoms with van der Waals surface area (Å²) in [5.74, 6) is -2.23. The first-order valence-corrected chi connectivity index (χ1v) is 7.33. The number of hydrogen-bond acceptors (Lipinski definition) is 2. The first-order valence-electron chi connectivity index (χ1n) is 6.95. The second kappa shape index (κ2) is 7.74. The molecule has 2 rings (SSSR count). The van der Waals surface area contributed by atoms with E-state index in [1.54, 1.807) is 24.3 Å². The number of carboxylic acid groups (broad SMARTS) is 1. The molecule has 0 saturated heterocycles. The molecular formula is C17H15ClFNO3. The molecule has 0 radical (unpaired) electrons. The first-order chi connectivity index (χ1) is 11.0. The van der Waals surface area contributed by atoms with Crippen LogP contribution in [0.15, 0.2) is 48.5 Å². The molecule has 0 fully saturated rings. The molecule has 1 amide bonds. The normalized spacial score (nSPS) is 11.7. The number of carbonyl (C=O) groups excluding carboxylic acids is 1. The van der Waals surface area contributed by atoms with Gasteiger partial charge in [0.15, 0.2) is 0 Å². The number of aliphatic carboxylic acids is 1. The van der Waals surface area contributed by atoms with Gasteiger partial charge in [-0.15, -0.1) is 0 Å². The van der Waals surface area contributed by atoms with Crippen LogP contribution in [0.5, 0.6) is 0 Å². The minimum absolute atomic E-state index is 0.0582. The summed E-state index contributed by atoms with van der Waals surface area (Å²) in [7, 11) is 0. The lowest BCUT2D eigenvalue weighted by molar-refractivity contribution is -0.141. The Hall–Kier alpha value is -2.40. The molecule has 1 atom stereocenters. The molecular weight excluding hydrogens is 321 g/mol. The molecule has 0 bridgehead atoms. The van der Waals surface area contributed by atoms with Gasteiger partial charge in [-0.05, 0) is 29.3 Å². The molecule has 6 heteroatoms. The van der Waals surface area contributed by atoms with E-state index in [1.165, 1.54) is 18.2 Å². The largest absolute Gasteiger partial charge is 0.480 e. The van der Waals surface area contributed by atoms with Crippen molar-refractivity contribution in [2.75, 3.05) is 0 Å². The van der Waals surface area contributed by atoms with Crippen molar-refractivity contribution in [3.05, 3.63) is 70.5 Å². The Morgan fingerprint density at radius 2 is 1.87 bits per heavy atom. The van der Waals surface area contributed by atoms with Crippen LogP contribution in [0.4, 0.5) is 4.39 Å². The van der Waals surface area contributed by atoms with Crippen molar-refractivity contribution >= 4 is 23.5 Å². The highest BCUT2D eigenvalue weighted by Crippen LogP contribution is 2.16. The Morgan fingerprint density at radius 1 is 1.17 bits per heavy atom. The van der Waals surface area contributed by atoms with Gasteiger partial charge in [0, 0.05) is 11.4 Å². The SMILES string of the molecule is O=C(Cc1ccccc1)N[C@H](Cc1cc(Cl)ccc1F)C(=O)O.